The highest BCUT2D eigenvalue weighted by molar-refractivity contribution is 7.89. The predicted molar refractivity (Wildman–Crippen MR) is 103 cm³/mol. The molecule has 0 unspecified atom stereocenters. The van der Waals surface area contributed by atoms with Gasteiger partial charge in [0.2, 0.25) is 5.09 Å². The fourth-order valence-corrected chi connectivity index (χ4v) is 4.46. The molecule has 1 amide bonds. The highest BCUT2D eigenvalue weighted by Gasteiger charge is 2.31. The molecule has 3 aromatic rings. The Balaban J connectivity index is 1.37. The molecule has 11 heteroatoms. The van der Waals surface area contributed by atoms with Crippen molar-refractivity contribution in [1.29, 1.82) is 0 Å². The van der Waals surface area contributed by atoms with Crippen LogP contribution in [0.25, 0.3) is 5.69 Å². The highest BCUT2D eigenvalue weighted by Crippen LogP contribution is 2.20. The van der Waals surface area contributed by atoms with Crippen LogP contribution < -0.4 is 5.73 Å². The Labute approximate surface area is 167 Å². The number of piperazine rings is 1. The number of nitrogens with two attached hydrogens (primary N) is 1. The molecule has 0 radical (unpaired) electrons. The molecule has 29 heavy (non-hydrogen) atoms. The summed E-state index contributed by atoms with van der Waals surface area (Å²) in [6.45, 7) is 2.28. The van der Waals surface area contributed by atoms with Crippen LogP contribution in [-0.4, -0.2) is 64.7 Å². The topological polar surface area (TPSA) is 128 Å². The quantitative estimate of drug-likeness (QED) is 0.618. The monoisotopic (exact) mass is 416 g/mol. The van der Waals surface area contributed by atoms with E-state index in [1.54, 1.807) is 11.0 Å². The van der Waals surface area contributed by atoms with E-state index in [2.05, 4.69) is 15.1 Å². The zero-order valence-corrected chi connectivity index (χ0v) is 16.3. The van der Waals surface area contributed by atoms with Gasteiger partial charge in [-0.25, -0.2) is 8.42 Å². The number of carbonyl (C=O) groups is 1. The summed E-state index contributed by atoms with van der Waals surface area (Å²) in [5, 5.41) is 8.49. The minimum atomic E-state index is -3.80. The van der Waals surface area contributed by atoms with E-state index in [0.717, 1.165) is 11.4 Å². The van der Waals surface area contributed by atoms with E-state index in [9.17, 15) is 13.2 Å². The Morgan fingerprint density at radius 3 is 2.45 bits per heavy atom. The van der Waals surface area contributed by atoms with Gasteiger partial charge in [-0.3, -0.25) is 9.69 Å². The van der Waals surface area contributed by atoms with E-state index in [1.165, 1.54) is 16.4 Å². The van der Waals surface area contributed by atoms with Gasteiger partial charge in [0, 0.05) is 32.7 Å². The standard InChI is InChI=1S/C18H20N6O4S/c19-18(25)16-6-7-17(28-16)29(26,27)23-10-8-22(9-11-23)13-14-12-20-24(21-14)15-4-2-1-3-5-15/h1-7,12H,8-11,13H2,(H2,19,25). The van der Waals surface area contributed by atoms with Crippen LogP contribution in [-0.2, 0) is 16.6 Å². The maximum absolute atomic E-state index is 12.7. The molecule has 0 atom stereocenters. The lowest BCUT2D eigenvalue weighted by molar-refractivity contribution is 0.0968. The number of hydrogen-bond acceptors (Lipinski definition) is 7. The van der Waals surface area contributed by atoms with E-state index in [1.807, 2.05) is 30.3 Å². The number of amides is 1. The molecule has 1 aliphatic rings. The number of para-hydroxylation sites is 1. The summed E-state index contributed by atoms with van der Waals surface area (Å²) in [6, 6.07) is 12.1. The van der Waals surface area contributed by atoms with Gasteiger partial charge in [-0.1, -0.05) is 18.2 Å². The molecule has 1 aromatic carbocycles. The summed E-state index contributed by atoms with van der Waals surface area (Å²) in [5.41, 5.74) is 6.80. The average molecular weight is 416 g/mol. The third-order valence-electron chi connectivity index (χ3n) is 4.66. The van der Waals surface area contributed by atoms with Gasteiger partial charge in [0.15, 0.2) is 5.76 Å². The van der Waals surface area contributed by atoms with Crippen LogP contribution in [0, 0.1) is 0 Å². The average Bonchev–Trinajstić information content (AvgIpc) is 3.39. The van der Waals surface area contributed by atoms with Crippen molar-refractivity contribution >= 4 is 15.9 Å². The van der Waals surface area contributed by atoms with Gasteiger partial charge in [0.05, 0.1) is 17.6 Å². The second-order valence-electron chi connectivity index (χ2n) is 6.62. The van der Waals surface area contributed by atoms with Gasteiger partial charge >= 0.3 is 0 Å². The van der Waals surface area contributed by atoms with Crippen molar-refractivity contribution in [3.05, 3.63) is 60.1 Å². The van der Waals surface area contributed by atoms with Crippen molar-refractivity contribution in [3.8, 4) is 5.69 Å². The number of sulfonamides is 1. The van der Waals surface area contributed by atoms with Crippen LogP contribution in [0.3, 0.4) is 0 Å². The van der Waals surface area contributed by atoms with Crippen molar-refractivity contribution < 1.29 is 17.6 Å². The number of hydrogen-bond donors (Lipinski definition) is 1. The molecule has 10 nitrogen and oxygen atoms in total. The molecule has 1 saturated heterocycles. The first-order valence-electron chi connectivity index (χ1n) is 9.02. The van der Waals surface area contributed by atoms with Crippen LogP contribution in [0.2, 0.25) is 0 Å². The summed E-state index contributed by atoms with van der Waals surface area (Å²) < 4.78 is 31.8. The number of nitrogens with zero attached hydrogens (tertiary/aromatic N) is 5. The van der Waals surface area contributed by atoms with E-state index in [0.29, 0.717) is 32.7 Å². The van der Waals surface area contributed by atoms with Crippen molar-refractivity contribution in [2.24, 2.45) is 5.73 Å². The zero-order chi connectivity index (χ0) is 20.4. The first kappa shape index (κ1) is 19.3. The summed E-state index contributed by atoms with van der Waals surface area (Å²) in [6.07, 6.45) is 1.71. The van der Waals surface area contributed by atoms with Crippen molar-refractivity contribution in [3.63, 3.8) is 0 Å². The lowest BCUT2D eigenvalue weighted by Crippen LogP contribution is -2.48. The third kappa shape index (κ3) is 4.06. The summed E-state index contributed by atoms with van der Waals surface area (Å²) in [5.74, 6) is -0.983. The lowest BCUT2D eigenvalue weighted by atomic mass is 10.3. The Hall–Kier alpha value is -3.02. The van der Waals surface area contributed by atoms with Crippen molar-refractivity contribution in [2.45, 2.75) is 11.6 Å². The molecule has 2 N–H and O–H groups in total. The SMILES string of the molecule is NC(=O)c1ccc(S(=O)(=O)N2CCN(Cc3cnn(-c4ccccc4)n3)CC2)o1. The molecular weight excluding hydrogens is 396 g/mol. The second-order valence-corrected chi connectivity index (χ2v) is 8.49. The van der Waals surface area contributed by atoms with Crippen LogP contribution in [0.5, 0.6) is 0 Å². The molecule has 0 saturated carbocycles. The maximum atomic E-state index is 12.7. The van der Waals surface area contributed by atoms with Gasteiger partial charge in [0.25, 0.3) is 15.9 Å². The molecule has 0 spiro atoms. The van der Waals surface area contributed by atoms with Crippen LogP contribution in [0.1, 0.15) is 16.2 Å². The maximum Gasteiger partial charge on any atom is 0.284 e. The minimum absolute atomic E-state index is 0.177. The van der Waals surface area contributed by atoms with E-state index < -0.39 is 15.9 Å². The largest absolute Gasteiger partial charge is 0.438 e. The molecule has 1 fully saturated rings. The minimum Gasteiger partial charge on any atom is -0.438 e. The van der Waals surface area contributed by atoms with E-state index in [-0.39, 0.29) is 10.9 Å². The Bertz CT molecular complexity index is 1100. The number of benzene rings is 1. The van der Waals surface area contributed by atoms with Gasteiger partial charge in [-0.2, -0.15) is 19.3 Å². The van der Waals surface area contributed by atoms with Crippen LogP contribution >= 0.6 is 0 Å². The fraction of sp³-hybridized carbons (Fsp3) is 0.278. The summed E-state index contributed by atoms with van der Waals surface area (Å²) in [4.78, 5) is 14.8. The number of primary amides is 1. The van der Waals surface area contributed by atoms with Crippen molar-refractivity contribution in [1.82, 2.24) is 24.2 Å². The fourth-order valence-electron chi connectivity index (χ4n) is 3.13. The zero-order valence-electron chi connectivity index (χ0n) is 15.5. The number of furan rings is 1. The first-order chi connectivity index (χ1) is 13.9. The van der Waals surface area contributed by atoms with Gasteiger partial charge in [0.1, 0.15) is 0 Å². The molecule has 0 bridgehead atoms. The molecule has 152 valence electrons. The Morgan fingerprint density at radius 1 is 1.07 bits per heavy atom. The molecule has 2 aromatic heterocycles. The van der Waals surface area contributed by atoms with Crippen LogP contribution in [0.4, 0.5) is 0 Å². The highest BCUT2D eigenvalue weighted by atomic mass is 32.2. The lowest BCUT2D eigenvalue weighted by Gasteiger charge is -2.32. The number of carbonyl (C=O) groups excluding carboxylic acids is 1. The van der Waals surface area contributed by atoms with Crippen molar-refractivity contribution in [2.75, 3.05) is 26.2 Å². The summed E-state index contributed by atoms with van der Waals surface area (Å²) >= 11 is 0. The van der Waals surface area contributed by atoms with E-state index in [4.69, 9.17) is 10.2 Å². The van der Waals surface area contributed by atoms with Gasteiger partial charge in [-0.15, -0.1) is 0 Å². The second kappa shape index (κ2) is 7.78. The number of aromatic nitrogens is 3. The smallest absolute Gasteiger partial charge is 0.284 e. The predicted octanol–water partition coefficient (Wildman–Crippen LogP) is 0.466. The first-order valence-corrected chi connectivity index (χ1v) is 10.5. The molecule has 4 rings (SSSR count). The van der Waals surface area contributed by atoms with E-state index >= 15 is 0 Å². The van der Waals surface area contributed by atoms with Crippen LogP contribution in [0.15, 0.2) is 58.2 Å². The molecule has 3 heterocycles. The van der Waals surface area contributed by atoms with Gasteiger partial charge in [-0.05, 0) is 24.3 Å². The molecule has 0 aliphatic carbocycles. The third-order valence-corrected chi connectivity index (χ3v) is 6.43. The Morgan fingerprint density at radius 2 is 1.79 bits per heavy atom. The summed E-state index contributed by atoms with van der Waals surface area (Å²) in [7, 11) is -3.80. The number of rotatable bonds is 6. The Kier molecular flexibility index (Phi) is 5.18. The molecule has 1 aliphatic heterocycles. The molecular formula is C18H20N6O4S. The van der Waals surface area contributed by atoms with Gasteiger partial charge < -0.3 is 10.2 Å². The normalized spacial score (nSPS) is 16.1.